The highest BCUT2D eigenvalue weighted by Gasteiger charge is 2.58. The number of carboxylic acids is 1. The Morgan fingerprint density at radius 1 is 0.968 bits per heavy atom. The molecule has 10 atom stereocenters. The fourth-order valence-corrected chi connectivity index (χ4v) is 2.85. The van der Waals surface area contributed by atoms with Gasteiger partial charge in [-0.3, -0.25) is 9.69 Å². The Kier molecular flexibility index (Phi) is 10.6. The van der Waals surface area contributed by atoms with Crippen LogP contribution in [-0.2, 0) is 19.0 Å². The molecule has 2 aliphatic rings. The molecule has 2 heterocycles. The molecule has 14 nitrogen and oxygen atoms in total. The minimum absolute atomic E-state index is 0.380. The number of likely N-dealkylation sites (N-methyl/N-ethyl adjacent to an activating group) is 1. The van der Waals surface area contributed by atoms with Crippen molar-refractivity contribution in [3.05, 3.63) is 0 Å². The number of nitrogens with zero attached hydrogens (tertiary/aromatic N) is 1. The van der Waals surface area contributed by atoms with Gasteiger partial charge in [0.1, 0.15) is 55.4 Å². The maximum absolute atomic E-state index is 10.1. The monoisotopic (exact) mass is 459 g/mol. The molecule has 0 spiro atoms. The third-order valence-electron chi connectivity index (χ3n) is 5.20. The van der Waals surface area contributed by atoms with Crippen LogP contribution in [0.25, 0.3) is 0 Å². The number of carboxylic acid groups (broad SMARTS) is 1. The quantitative estimate of drug-likeness (QED) is 0.173. The van der Waals surface area contributed by atoms with Crippen LogP contribution in [0.15, 0.2) is 0 Å². The third kappa shape index (κ3) is 6.28. The molecule has 2 fully saturated rings. The minimum Gasteiger partial charge on any atom is -0.480 e. The lowest BCUT2D eigenvalue weighted by molar-refractivity contribution is -0.383. The lowest BCUT2D eigenvalue weighted by Crippen LogP contribution is -2.62. The summed E-state index contributed by atoms with van der Waals surface area (Å²) in [5.74, 6) is -3.00. The van der Waals surface area contributed by atoms with E-state index in [0.717, 1.165) is 0 Å². The maximum atomic E-state index is 10.1. The van der Waals surface area contributed by atoms with E-state index in [9.17, 15) is 35.4 Å². The van der Waals surface area contributed by atoms with Gasteiger partial charge in [0.05, 0.1) is 13.2 Å². The fraction of sp³-hybridized carbons (Fsp3) is 0.941. The number of rotatable bonds is 7. The first-order chi connectivity index (χ1) is 14.4. The Balaban J connectivity index is 0.000000512. The number of aliphatic carboxylic acids is 1. The number of hydrogen-bond acceptors (Lipinski definition) is 13. The summed E-state index contributed by atoms with van der Waals surface area (Å²) in [6.45, 7) is -0.681. The standard InChI is InChI=1S/C12H22O11.C5H11NO2/c13-1-4-6(16)8(18)9(19)11(21-4)23-12(3-15)10(20)7(17)5(2-14)22-12;1-4(5(7)8)6(2)3/h4-11,13-20H,1-3H2;4H,1-3H3,(H,7,8)/t4-,5-,6-,7-,8+,9-,10+,11-,12+;/m1./s1. The van der Waals surface area contributed by atoms with Gasteiger partial charge >= 0.3 is 5.97 Å². The normalized spacial score (nSPS) is 41.5. The second kappa shape index (κ2) is 11.7. The maximum Gasteiger partial charge on any atom is 0.320 e. The van der Waals surface area contributed by atoms with Crippen LogP contribution in [0.5, 0.6) is 0 Å². The van der Waals surface area contributed by atoms with Crippen LogP contribution in [-0.4, -0.2) is 152 Å². The molecular weight excluding hydrogens is 426 g/mol. The van der Waals surface area contributed by atoms with E-state index in [4.69, 9.17) is 29.5 Å². The SMILES string of the molecule is CC(C(=O)O)N(C)C.OC[C@H]1O[C@@](CO)(O[C@H]2O[C@H](CO)[C@@H](O)[C@H](O)[C@H]2O)[C@@H](O)[C@@H]1O. The highest BCUT2D eigenvalue weighted by Crippen LogP contribution is 2.35. The molecule has 0 radical (unpaired) electrons. The van der Waals surface area contributed by atoms with E-state index in [1.807, 2.05) is 0 Å². The zero-order valence-corrected chi connectivity index (χ0v) is 17.4. The van der Waals surface area contributed by atoms with Crippen LogP contribution in [0.4, 0.5) is 0 Å². The molecule has 0 amide bonds. The Hall–Kier alpha value is -1.01. The largest absolute Gasteiger partial charge is 0.480 e. The van der Waals surface area contributed by atoms with E-state index in [2.05, 4.69) is 0 Å². The molecule has 2 rings (SSSR count). The molecule has 1 unspecified atom stereocenters. The van der Waals surface area contributed by atoms with Gasteiger partial charge in [-0.25, -0.2) is 0 Å². The second-order valence-electron chi connectivity index (χ2n) is 7.54. The average molecular weight is 459 g/mol. The molecule has 0 aromatic rings. The molecule has 14 heteroatoms. The van der Waals surface area contributed by atoms with Crippen LogP contribution in [0.3, 0.4) is 0 Å². The number of carbonyl (C=O) groups is 1. The summed E-state index contributed by atoms with van der Waals surface area (Å²) in [6.07, 6.45) is -12.7. The van der Waals surface area contributed by atoms with Gasteiger partial charge in [0, 0.05) is 0 Å². The van der Waals surface area contributed by atoms with Crippen LogP contribution < -0.4 is 0 Å². The lowest BCUT2D eigenvalue weighted by Gasteiger charge is -2.43. The van der Waals surface area contributed by atoms with Gasteiger partial charge in [-0.05, 0) is 21.0 Å². The predicted molar refractivity (Wildman–Crippen MR) is 99.4 cm³/mol. The Labute approximate surface area is 178 Å². The summed E-state index contributed by atoms with van der Waals surface area (Å²) >= 11 is 0. The smallest absolute Gasteiger partial charge is 0.320 e. The summed E-state index contributed by atoms with van der Waals surface area (Å²) in [7, 11) is 3.47. The first-order valence-corrected chi connectivity index (χ1v) is 9.50. The van der Waals surface area contributed by atoms with Crippen molar-refractivity contribution >= 4 is 5.97 Å². The van der Waals surface area contributed by atoms with Crippen molar-refractivity contribution < 1.29 is 65.0 Å². The number of hydrogen-bond donors (Lipinski definition) is 9. The van der Waals surface area contributed by atoms with Crippen LogP contribution in [0.2, 0.25) is 0 Å². The number of ether oxygens (including phenoxy) is 3. The van der Waals surface area contributed by atoms with Crippen molar-refractivity contribution in [2.75, 3.05) is 33.9 Å². The molecule has 2 saturated heterocycles. The first kappa shape index (κ1) is 28.0. The van der Waals surface area contributed by atoms with E-state index in [1.54, 1.807) is 25.9 Å². The molecule has 184 valence electrons. The molecule has 9 N–H and O–H groups in total. The van der Waals surface area contributed by atoms with E-state index in [1.165, 1.54) is 0 Å². The fourth-order valence-electron chi connectivity index (χ4n) is 2.85. The van der Waals surface area contributed by atoms with Crippen molar-refractivity contribution in [2.24, 2.45) is 0 Å². The van der Waals surface area contributed by atoms with E-state index < -0.39 is 80.6 Å². The lowest BCUT2D eigenvalue weighted by atomic mass is 9.99. The highest BCUT2D eigenvalue weighted by molar-refractivity contribution is 5.72. The molecule has 0 aromatic carbocycles. The van der Waals surface area contributed by atoms with E-state index in [-0.39, 0.29) is 6.04 Å². The van der Waals surface area contributed by atoms with Crippen LogP contribution in [0.1, 0.15) is 6.92 Å². The van der Waals surface area contributed by atoms with Gasteiger partial charge in [0.25, 0.3) is 0 Å². The molecular formula is C17H33NO13. The number of aliphatic hydroxyl groups is 8. The summed E-state index contributed by atoms with van der Waals surface area (Å²) in [6, 6.07) is -0.380. The molecule has 0 aromatic heterocycles. The molecule has 0 bridgehead atoms. The molecule has 0 aliphatic carbocycles. The van der Waals surface area contributed by atoms with Gasteiger partial charge in [0.15, 0.2) is 6.29 Å². The summed E-state index contributed by atoms with van der Waals surface area (Å²) in [4.78, 5) is 11.7. The zero-order valence-electron chi connectivity index (χ0n) is 17.4. The zero-order chi connectivity index (χ0) is 24.1. The van der Waals surface area contributed by atoms with Gasteiger partial charge in [-0.1, -0.05) is 0 Å². The van der Waals surface area contributed by atoms with Crippen LogP contribution >= 0.6 is 0 Å². The Morgan fingerprint density at radius 2 is 1.52 bits per heavy atom. The van der Waals surface area contributed by atoms with Crippen LogP contribution in [0, 0.1) is 0 Å². The molecule has 0 saturated carbocycles. The summed E-state index contributed by atoms with van der Waals surface area (Å²) in [5.41, 5.74) is 0. The molecule has 2 aliphatic heterocycles. The van der Waals surface area contributed by atoms with E-state index >= 15 is 0 Å². The highest BCUT2D eigenvalue weighted by atomic mass is 16.8. The number of aliphatic hydroxyl groups excluding tert-OH is 8. The van der Waals surface area contributed by atoms with Gasteiger partial charge in [-0.2, -0.15) is 0 Å². The van der Waals surface area contributed by atoms with Crippen molar-refractivity contribution in [3.63, 3.8) is 0 Å². The van der Waals surface area contributed by atoms with Gasteiger partial charge < -0.3 is 60.2 Å². The van der Waals surface area contributed by atoms with Crippen molar-refractivity contribution in [3.8, 4) is 0 Å². The summed E-state index contributed by atoms with van der Waals surface area (Å²) in [5, 5.41) is 85.0. The first-order valence-electron chi connectivity index (χ1n) is 9.50. The minimum atomic E-state index is -2.22. The topological polar surface area (TPSA) is 230 Å². The summed E-state index contributed by atoms with van der Waals surface area (Å²) < 4.78 is 15.4. The third-order valence-corrected chi connectivity index (χ3v) is 5.20. The second-order valence-corrected chi connectivity index (χ2v) is 7.54. The Bertz CT molecular complexity index is 564. The van der Waals surface area contributed by atoms with Gasteiger partial charge in [-0.15, -0.1) is 0 Å². The van der Waals surface area contributed by atoms with Crippen molar-refractivity contribution in [1.82, 2.24) is 4.90 Å². The predicted octanol–water partition coefficient (Wildman–Crippen LogP) is -5.37. The van der Waals surface area contributed by atoms with Crippen molar-refractivity contribution in [2.45, 2.75) is 67.8 Å². The van der Waals surface area contributed by atoms with E-state index in [0.29, 0.717) is 0 Å². The van der Waals surface area contributed by atoms with Gasteiger partial charge in [0.2, 0.25) is 5.79 Å². The Morgan fingerprint density at radius 3 is 1.87 bits per heavy atom. The van der Waals surface area contributed by atoms with Crippen molar-refractivity contribution in [1.29, 1.82) is 0 Å². The molecule has 31 heavy (non-hydrogen) atoms. The average Bonchev–Trinajstić information content (AvgIpc) is 2.98.